The van der Waals surface area contributed by atoms with E-state index in [0.717, 1.165) is 107 Å². The number of nitrogens with zero attached hydrogens (tertiary/aromatic N) is 8. The van der Waals surface area contributed by atoms with E-state index in [0.29, 0.717) is 0 Å². The first-order chi connectivity index (χ1) is 19.7. The highest BCUT2D eigenvalue weighted by molar-refractivity contribution is 5.56. The minimum Gasteiger partial charge on any atom is -0.369 e. The van der Waals surface area contributed by atoms with Crippen LogP contribution in [0.25, 0.3) is 0 Å². The summed E-state index contributed by atoms with van der Waals surface area (Å²) < 4.78 is 0. The molecule has 4 aliphatic heterocycles. The molecule has 11 nitrogen and oxygen atoms in total. The van der Waals surface area contributed by atoms with Crippen molar-refractivity contribution >= 4 is 35.2 Å². The summed E-state index contributed by atoms with van der Waals surface area (Å²) in [6.07, 6.45) is 9.88. The van der Waals surface area contributed by atoms with Crippen molar-refractivity contribution in [2.45, 2.75) is 64.3 Å². The van der Waals surface area contributed by atoms with Crippen molar-refractivity contribution in [2.75, 3.05) is 102 Å². The topological polar surface area (TPSA) is 101 Å². The molecule has 0 aliphatic carbocycles. The molecular formula is C29H47N11. The van der Waals surface area contributed by atoms with E-state index in [4.69, 9.17) is 19.9 Å². The Balaban J connectivity index is 1.01. The summed E-state index contributed by atoms with van der Waals surface area (Å²) in [5, 5.41) is 10.8. The summed E-state index contributed by atoms with van der Waals surface area (Å²) in [5.74, 6) is 5.73. The molecule has 4 fully saturated rings. The lowest BCUT2D eigenvalue weighted by Crippen LogP contribution is -2.34. The highest BCUT2D eigenvalue weighted by Gasteiger charge is 2.22. The molecular weight excluding hydrogens is 502 g/mol. The molecule has 40 heavy (non-hydrogen) atoms. The Bertz CT molecular complexity index is 1020. The number of aromatic nitrogens is 4. The molecule has 2 aromatic heterocycles. The Morgan fingerprint density at radius 2 is 1.05 bits per heavy atom. The fraction of sp³-hybridized carbons (Fsp3) is 0.724. The van der Waals surface area contributed by atoms with Crippen LogP contribution in [-0.2, 0) is 0 Å². The zero-order valence-electron chi connectivity index (χ0n) is 24.2. The molecule has 218 valence electrons. The predicted molar refractivity (Wildman–Crippen MR) is 164 cm³/mol. The molecule has 3 N–H and O–H groups in total. The monoisotopic (exact) mass is 549 g/mol. The minimum absolute atomic E-state index is 0.246. The standard InChI is InChI=1S/C29H47N11/c1-23(32-25-21-27(38-14-4-5-15-38)36-29(34-25)40-18-8-9-19-40)22-30-10-11-31-24-20-26(37-12-2-3-13-37)35-28(33-24)39-16-6-7-17-39/h20-21,23,30H,2-19,22H2,1H3,(H,31,33,35)(H,32,34,36). The van der Waals surface area contributed by atoms with Crippen molar-refractivity contribution in [3.63, 3.8) is 0 Å². The first kappa shape index (κ1) is 27.1. The largest absolute Gasteiger partial charge is 0.369 e. The van der Waals surface area contributed by atoms with Gasteiger partial charge >= 0.3 is 0 Å². The van der Waals surface area contributed by atoms with Gasteiger partial charge in [0.25, 0.3) is 0 Å². The summed E-state index contributed by atoms with van der Waals surface area (Å²) in [4.78, 5) is 29.1. The fourth-order valence-electron chi connectivity index (χ4n) is 6.24. The van der Waals surface area contributed by atoms with Gasteiger partial charge in [-0.15, -0.1) is 0 Å². The summed E-state index contributed by atoms with van der Waals surface area (Å²) >= 11 is 0. The molecule has 4 aliphatic rings. The van der Waals surface area contributed by atoms with Crippen LogP contribution in [0.15, 0.2) is 12.1 Å². The SMILES string of the molecule is CC(CNCCNc1cc(N2CCCC2)nc(N2CCCC2)n1)Nc1cc(N2CCCC2)nc(N2CCCC2)n1. The molecule has 0 amide bonds. The Morgan fingerprint density at radius 3 is 1.57 bits per heavy atom. The highest BCUT2D eigenvalue weighted by atomic mass is 15.3. The van der Waals surface area contributed by atoms with Gasteiger partial charge < -0.3 is 35.6 Å². The van der Waals surface area contributed by atoms with E-state index < -0.39 is 0 Å². The third-order valence-electron chi connectivity index (χ3n) is 8.49. The molecule has 0 aromatic carbocycles. The molecule has 6 heterocycles. The number of anilines is 6. The van der Waals surface area contributed by atoms with Crippen LogP contribution in [0.5, 0.6) is 0 Å². The molecule has 0 radical (unpaired) electrons. The molecule has 0 spiro atoms. The van der Waals surface area contributed by atoms with Crippen molar-refractivity contribution in [3.8, 4) is 0 Å². The summed E-state index contributed by atoms with van der Waals surface area (Å²) in [6.45, 7) is 13.3. The summed E-state index contributed by atoms with van der Waals surface area (Å²) in [5.41, 5.74) is 0. The average Bonchev–Trinajstić information content (AvgIpc) is 3.79. The van der Waals surface area contributed by atoms with Crippen LogP contribution >= 0.6 is 0 Å². The zero-order valence-corrected chi connectivity index (χ0v) is 24.2. The lowest BCUT2D eigenvalue weighted by Gasteiger charge is -2.23. The van der Waals surface area contributed by atoms with Gasteiger partial charge in [0.15, 0.2) is 0 Å². The number of nitrogens with one attached hydrogen (secondary N) is 3. The fourth-order valence-corrected chi connectivity index (χ4v) is 6.24. The molecule has 4 saturated heterocycles. The first-order valence-corrected chi connectivity index (χ1v) is 15.7. The second-order valence-electron chi connectivity index (χ2n) is 11.8. The van der Waals surface area contributed by atoms with Crippen molar-refractivity contribution < 1.29 is 0 Å². The van der Waals surface area contributed by atoms with Crippen LogP contribution in [-0.4, -0.2) is 98.0 Å². The molecule has 6 rings (SSSR count). The maximum atomic E-state index is 4.94. The van der Waals surface area contributed by atoms with Crippen LogP contribution in [0.4, 0.5) is 35.2 Å². The Hall–Kier alpha value is -3.08. The molecule has 11 heteroatoms. The molecule has 2 aromatic rings. The van der Waals surface area contributed by atoms with Crippen molar-refractivity contribution in [3.05, 3.63) is 12.1 Å². The zero-order chi connectivity index (χ0) is 27.1. The van der Waals surface area contributed by atoms with Crippen molar-refractivity contribution in [2.24, 2.45) is 0 Å². The van der Waals surface area contributed by atoms with Gasteiger partial charge in [-0.25, -0.2) is 0 Å². The van der Waals surface area contributed by atoms with Gasteiger partial charge in [-0.2, -0.15) is 19.9 Å². The second-order valence-corrected chi connectivity index (χ2v) is 11.8. The number of hydrogen-bond acceptors (Lipinski definition) is 11. The number of hydrogen-bond donors (Lipinski definition) is 3. The van der Waals surface area contributed by atoms with Gasteiger partial charge in [0, 0.05) is 90.2 Å². The average molecular weight is 550 g/mol. The first-order valence-electron chi connectivity index (χ1n) is 15.7. The van der Waals surface area contributed by atoms with Crippen molar-refractivity contribution in [1.82, 2.24) is 25.3 Å². The number of rotatable bonds is 12. The maximum Gasteiger partial charge on any atom is 0.229 e. The van der Waals surface area contributed by atoms with Gasteiger partial charge in [-0.05, 0) is 58.3 Å². The van der Waals surface area contributed by atoms with E-state index in [-0.39, 0.29) is 6.04 Å². The van der Waals surface area contributed by atoms with Crippen LogP contribution in [0.1, 0.15) is 58.3 Å². The van der Waals surface area contributed by atoms with Crippen molar-refractivity contribution in [1.29, 1.82) is 0 Å². The van der Waals surface area contributed by atoms with Crippen LogP contribution in [0.3, 0.4) is 0 Å². The van der Waals surface area contributed by atoms with Gasteiger partial charge in [-0.3, -0.25) is 0 Å². The minimum atomic E-state index is 0.246. The molecule has 0 saturated carbocycles. The maximum absolute atomic E-state index is 4.94. The van der Waals surface area contributed by atoms with E-state index in [2.05, 4.69) is 54.6 Å². The summed E-state index contributed by atoms with van der Waals surface area (Å²) in [7, 11) is 0. The third kappa shape index (κ3) is 6.79. The van der Waals surface area contributed by atoms with Gasteiger partial charge in [0.05, 0.1) is 0 Å². The van der Waals surface area contributed by atoms with Crippen LogP contribution in [0.2, 0.25) is 0 Å². The van der Waals surface area contributed by atoms with Gasteiger partial charge in [-0.1, -0.05) is 0 Å². The molecule has 0 bridgehead atoms. The van der Waals surface area contributed by atoms with E-state index in [9.17, 15) is 0 Å². The van der Waals surface area contributed by atoms with Gasteiger partial charge in [0.2, 0.25) is 11.9 Å². The third-order valence-corrected chi connectivity index (χ3v) is 8.49. The highest BCUT2D eigenvalue weighted by Crippen LogP contribution is 2.27. The summed E-state index contributed by atoms with van der Waals surface area (Å²) in [6, 6.07) is 4.50. The van der Waals surface area contributed by atoms with E-state index >= 15 is 0 Å². The molecule has 1 unspecified atom stereocenters. The molecule has 1 atom stereocenters. The lowest BCUT2D eigenvalue weighted by molar-refractivity contribution is 0.640. The van der Waals surface area contributed by atoms with E-state index in [1.165, 1.54) is 51.4 Å². The predicted octanol–water partition coefficient (Wildman–Crippen LogP) is 3.17. The normalized spacial score (nSPS) is 20.1. The van der Waals surface area contributed by atoms with E-state index in [1.54, 1.807) is 0 Å². The van der Waals surface area contributed by atoms with Gasteiger partial charge in [0.1, 0.15) is 23.3 Å². The smallest absolute Gasteiger partial charge is 0.229 e. The lowest BCUT2D eigenvalue weighted by atomic mass is 10.3. The Kier molecular flexibility index (Phi) is 8.85. The Labute approximate surface area is 239 Å². The van der Waals surface area contributed by atoms with E-state index in [1.807, 2.05) is 0 Å². The quantitative estimate of drug-likeness (QED) is 0.340. The van der Waals surface area contributed by atoms with Crippen LogP contribution < -0.4 is 35.6 Å². The second kappa shape index (κ2) is 13.1. The Morgan fingerprint density at radius 1 is 0.600 bits per heavy atom. The van der Waals surface area contributed by atoms with Crippen LogP contribution in [0, 0.1) is 0 Å².